The van der Waals surface area contributed by atoms with Gasteiger partial charge in [0.15, 0.2) is 5.78 Å². The molecule has 0 amide bonds. The van der Waals surface area contributed by atoms with Crippen molar-refractivity contribution in [2.24, 2.45) is 0 Å². The first-order chi connectivity index (χ1) is 9.66. The van der Waals surface area contributed by atoms with Gasteiger partial charge in [-0.15, -0.1) is 0 Å². The second-order valence-corrected chi connectivity index (χ2v) is 5.54. The Bertz CT molecular complexity index is 888. The van der Waals surface area contributed by atoms with Crippen molar-refractivity contribution in [2.75, 3.05) is 0 Å². The number of carbonyl (C=O) groups excluding carboxylic acids is 1. The lowest BCUT2D eigenvalue weighted by molar-refractivity contribution is 0.104. The maximum atomic E-state index is 12.8. The van der Waals surface area contributed by atoms with E-state index in [9.17, 15) is 4.79 Å². The van der Waals surface area contributed by atoms with Crippen molar-refractivity contribution < 1.29 is 4.79 Å². The van der Waals surface area contributed by atoms with E-state index in [1.165, 1.54) is 16.5 Å². The second-order valence-electron chi connectivity index (χ2n) is 5.54. The molecule has 1 nitrogen and oxygen atoms in total. The van der Waals surface area contributed by atoms with Gasteiger partial charge in [-0.3, -0.25) is 4.79 Å². The highest BCUT2D eigenvalue weighted by atomic mass is 16.1. The topological polar surface area (TPSA) is 17.1 Å². The van der Waals surface area contributed by atoms with Crippen LogP contribution in [-0.2, 0) is 0 Å². The van der Waals surface area contributed by atoms with Crippen LogP contribution in [-0.4, -0.2) is 5.78 Å². The van der Waals surface area contributed by atoms with Crippen molar-refractivity contribution in [3.63, 3.8) is 0 Å². The minimum Gasteiger partial charge on any atom is -0.289 e. The molecule has 20 heavy (non-hydrogen) atoms. The lowest BCUT2D eigenvalue weighted by Crippen LogP contribution is -2.10. The Morgan fingerprint density at radius 2 is 1.55 bits per heavy atom. The third kappa shape index (κ3) is 1.35. The van der Waals surface area contributed by atoms with Gasteiger partial charge in [0, 0.05) is 16.5 Å². The van der Waals surface area contributed by atoms with Gasteiger partial charge in [-0.2, -0.15) is 0 Å². The predicted octanol–water partition coefficient (Wildman–Crippen LogP) is 4.67. The molecule has 0 saturated carbocycles. The Balaban J connectivity index is 2.24. The van der Waals surface area contributed by atoms with Crippen LogP contribution in [0.15, 0.2) is 48.5 Å². The normalized spacial score (nSPS) is 12.6. The molecule has 1 aliphatic rings. The maximum Gasteiger partial charge on any atom is 0.194 e. The summed E-state index contributed by atoms with van der Waals surface area (Å²) in [7, 11) is 0. The number of ketones is 1. The molecule has 4 rings (SSSR count). The molecule has 0 atom stereocenters. The van der Waals surface area contributed by atoms with Crippen LogP contribution in [0.4, 0.5) is 0 Å². The predicted molar refractivity (Wildman–Crippen MR) is 82.3 cm³/mol. The summed E-state index contributed by atoms with van der Waals surface area (Å²) in [5.74, 6) is 0.146. The molecule has 0 aromatic heterocycles. The van der Waals surface area contributed by atoms with Crippen LogP contribution in [0.5, 0.6) is 0 Å². The van der Waals surface area contributed by atoms with E-state index < -0.39 is 0 Å². The fourth-order valence-corrected chi connectivity index (χ4v) is 3.19. The van der Waals surface area contributed by atoms with Crippen LogP contribution < -0.4 is 0 Å². The molecule has 0 bridgehead atoms. The monoisotopic (exact) mass is 258 g/mol. The fourth-order valence-electron chi connectivity index (χ4n) is 3.19. The molecule has 0 aliphatic heterocycles. The lowest BCUT2D eigenvalue weighted by Gasteiger charge is -2.21. The van der Waals surface area contributed by atoms with Gasteiger partial charge >= 0.3 is 0 Å². The zero-order chi connectivity index (χ0) is 13.9. The van der Waals surface area contributed by atoms with Crippen LogP contribution in [0.3, 0.4) is 0 Å². The number of hydrogen-bond donors (Lipinski definition) is 0. The van der Waals surface area contributed by atoms with Gasteiger partial charge in [-0.05, 0) is 42.0 Å². The van der Waals surface area contributed by atoms with Crippen LogP contribution in [0.1, 0.15) is 27.0 Å². The van der Waals surface area contributed by atoms with Gasteiger partial charge in [-0.1, -0.05) is 48.0 Å². The maximum absolute atomic E-state index is 12.8. The summed E-state index contributed by atoms with van der Waals surface area (Å²) in [5.41, 5.74) is 6.24. The largest absolute Gasteiger partial charge is 0.289 e. The molecule has 0 spiro atoms. The second kappa shape index (κ2) is 3.80. The average molecular weight is 258 g/mol. The third-order valence-corrected chi connectivity index (χ3v) is 4.21. The molecule has 3 aromatic carbocycles. The molecule has 0 unspecified atom stereocenters. The number of carbonyl (C=O) groups is 1. The molecule has 3 aromatic rings. The highest BCUT2D eigenvalue weighted by molar-refractivity contribution is 6.26. The van der Waals surface area contributed by atoms with Crippen molar-refractivity contribution >= 4 is 16.6 Å². The van der Waals surface area contributed by atoms with Gasteiger partial charge in [-0.25, -0.2) is 0 Å². The van der Waals surface area contributed by atoms with Crippen molar-refractivity contribution in [3.8, 4) is 11.1 Å². The first-order valence-electron chi connectivity index (χ1n) is 6.85. The van der Waals surface area contributed by atoms with E-state index in [2.05, 4.69) is 37.3 Å². The molecule has 0 fully saturated rings. The quantitative estimate of drug-likeness (QED) is 0.448. The Morgan fingerprint density at radius 1 is 0.750 bits per heavy atom. The minimum absolute atomic E-state index is 0.146. The van der Waals surface area contributed by atoms with Gasteiger partial charge in [0.05, 0.1) is 0 Å². The molecule has 1 aliphatic carbocycles. The summed E-state index contributed by atoms with van der Waals surface area (Å²) in [6, 6.07) is 16.5. The van der Waals surface area contributed by atoms with Crippen LogP contribution >= 0.6 is 0 Å². The van der Waals surface area contributed by atoms with Crippen LogP contribution in [0.2, 0.25) is 0 Å². The first-order valence-corrected chi connectivity index (χ1v) is 6.85. The molecular weight excluding hydrogens is 244 g/mol. The van der Waals surface area contributed by atoms with E-state index in [-0.39, 0.29) is 5.78 Å². The summed E-state index contributed by atoms with van der Waals surface area (Å²) >= 11 is 0. The number of rotatable bonds is 0. The summed E-state index contributed by atoms with van der Waals surface area (Å²) in [6.45, 7) is 4.12. The molecule has 0 heterocycles. The Labute approximate surface area is 117 Å². The number of fused-ring (bicyclic) bond motifs is 2. The molecule has 0 N–H and O–H groups in total. The molecular formula is C19H14O. The standard InChI is InChI=1S/C19H14O/c1-11-6-8-14-15-5-3-4-13-12(2)7-9-16(18(13)15)19(20)17(14)10-11/h3-10H,1-2H3. The fraction of sp³-hybridized carbons (Fsp3) is 0.105. The van der Waals surface area contributed by atoms with Gasteiger partial charge in [0.1, 0.15) is 0 Å². The van der Waals surface area contributed by atoms with Crippen LogP contribution in [0.25, 0.3) is 21.9 Å². The van der Waals surface area contributed by atoms with E-state index in [4.69, 9.17) is 0 Å². The molecule has 0 radical (unpaired) electrons. The van der Waals surface area contributed by atoms with E-state index >= 15 is 0 Å². The first kappa shape index (κ1) is 11.4. The lowest BCUT2D eigenvalue weighted by atomic mass is 9.81. The smallest absolute Gasteiger partial charge is 0.194 e. The number of aryl methyl sites for hydroxylation is 2. The zero-order valence-corrected chi connectivity index (χ0v) is 11.5. The van der Waals surface area contributed by atoms with Crippen molar-refractivity contribution in [3.05, 3.63) is 70.8 Å². The van der Waals surface area contributed by atoms with Crippen molar-refractivity contribution in [2.45, 2.75) is 13.8 Å². The van der Waals surface area contributed by atoms with E-state index in [0.717, 1.165) is 27.6 Å². The van der Waals surface area contributed by atoms with Gasteiger partial charge in [0.2, 0.25) is 0 Å². The summed E-state index contributed by atoms with van der Waals surface area (Å²) in [4.78, 5) is 12.8. The summed E-state index contributed by atoms with van der Waals surface area (Å²) in [5, 5.41) is 2.29. The van der Waals surface area contributed by atoms with Crippen molar-refractivity contribution in [1.82, 2.24) is 0 Å². The number of benzene rings is 3. The number of hydrogen-bond acceptors (Lipinski definition) is 1. The Hall–Kier alpha value is -2.41. The van der Waals surface area contributed by atoms with Gasteiger partial charge in [0.25, 0.3) is 0 Å². The van der Waals surface area contributed by atoms with E-state index in [1.54, 1.807) is 0 Å². The average Bonchev–Trinajstić information content (AvgIpc) is 2.46. The highest BCUT2D eigenvalue weighted by Gasteiger charge is 2.25. The van der Waals surface area contributed by atoms with E-state index in [0.29, 0.717) is 0 Å². The van der Waals surface area contributed by atoms with Crippen LogP contribution in [0, 0.1) is 13.8 Å². The Morgan fingerprint density at radius 3 is 2.40 bits per heavy atom. The third-order valence-electron chi connectivity index (χ3n) is 4.21. The molecule has 96 valence electrons. The minimum atomic E-state index is 0.146. The molecule has 1 heteroatoms. The highest BCUT2D eigenvalue weighted by Crippen LogP contribution is 2.40. The SMILES string of the molecule is Cc1ccc2c(c1)C(=O)c1ccc(C)c3cccc-2c13. The Kier molecular flexibility index (Phi) is 2.17. The summed E-state index contributed by atoms with van der Waals surface area (Å²) < 4.78 is 0. The molecule has 0 saturated heterocycles. The van der Waals surface area contributed by atoms with Gasteiger partial charge < -0.3 is 0 Å². The zero-order valence-electron chi connectivity index (χ0n) is 11.5. The summed E-state index contributed by atoms with van der Waals surface area (Å²) in [6.07, 6.45) is 0. The van der Waals surface area contributed by atoms with E-state index in [1.807, 2.05) is 25.1 Å². The van der Waals surface area contributed by atoms with Crippen molar-refractivity contribution in [1.29, 1.82) is 0 Å².